The number of hydrogen-bond donors (Lipinski definition) is 0. The summed E-state index contributed by atoms with van der Waals surface area (Å²) in [7, 11) is 1.38. The topological polar surface area (TPSA) is 51.1 Å². The van der Waals surface area contributed by atoms with Gasteiger partial charge in [0, 0.05) is 18.2 Å². The number of para-hydroxylation sites is 1. The van der Waals surface area contributed by atoms with Crippen LogP contribution in [0.3, 0.4) is 0 Å². The highest BCUT2D eigenvalue weighted by atomic mass is 19.1. The second-order valence-electron chi connectivity index (χ2n) is 4.87. The molecule has 0 spiro atoms. The van der Waals surface area contributed by atoms with Crippen LogP contribution in [0.1, 0.15) is 12.5 Å². The Morgan fingerprint density at radius 1 is 1.25 bits per heavy atom. The average Bonchev–Trinajstić information content (AvgIpc) is 2.60. The number of benzene rings is 2. The molecule has 0 heterocycles. The van der Waals surface area contributed by atoms with E-state index in [2.05, 4.69) is 9.99 Å². The summed E-state index contributed by atoms with van der Waals surface area (Å²) >= 11 is 0. The van der Waals surface area contributed by atoms with E-state index in [1.165, 1.54) is 19.2 Å². The molecule has 0 aliphatic heterocycles. The van der Waals surface area contributed by atoms with E-state index < -0.39 is 0 Å². The zero-order valence-electron chi connectivity index (χ0n) is 13.6. The summed E-state index contributed by atoms with van der Waals surface area (Å²) in [5.74, 6) is -0.223. The Hall–Kier alpha value is -2.89. The maximum absolute atomic E-state index is 13.2. The highest BCUT2D eigenvalue weighted by Gasteiger charge is 2.16. The summed E-state index contributed by atoms with van der Waals surface area (Å²) in [5, 5.41) is 3.51. The van der Waals surface area contributed by atoms with E-state index in [0.717, 1.165) is 11.8 Å². The van der Waals surface area contributed by atoms with Gasteiger partial charge in [-0.3, -0.25) is 4.79 Å². The highest BCUT2D eigenvalue weighted by molar-refractivity contribution is 6.32. The van der Waals surface area contributed by atoms with E-state index in [4.69, 9.17) is 4.74 Å². The van der Waals surface area contributed by atoms with Crippen molar-refractivity contribution in [3.63, 3.8) is 0 Å². The molecule has 0 radical (unpaired) electrons. The predicted octanol–water partition coefficient (Wildman–Crippen LogP) is 3.39. The van der Waals surface area contributed by atoms with Gasteiger partial charge in [0.25, 0.3) is 5.91 Å². The Kier molecular flexibility index (Phi) is 6.31. The van der Waals surface area contributed by atoms with Crippen molar-refractivity contribution in [1.82, 2.24) is 0 Å². The summed E-state index contributed by atoms with van der Waals surface area (Å²) in [5.41, 5.74) is 1.52. The molecule has 0 unspecified atom stereocenters. The Morgan fingerprint density at radius 2 is 2.04 bits per heavy atom. The molecule has 126 valence electrons. The summed E-state index contributed by atoms with van der Waals surface area (Å²) in [6.45, 7) is 2.54. The molecule has 0 fully saturated rings. The number of halogens is 1. The van der Waals surface area contributed by atoms with Crippen molar-refractivity contribution in [2.24, 2.45) is 5.16 Å². The molecule has 5 nitrogen and oxygen atoms in total. The van der Waals surface area contributed by atoms with E-state index in [9.17, 15) is 9.18 Å². The lowest BCUT2D eigenvalue weighted by molar-refractivity contribution is -0.112. The molecule has 6 heteroatoms. The molecule has 0 atom stereocenters. The maximum Gasteiger partial charge on any atom is 0.272 e. The van der Waals surface area contributed by atoms with Crippen LogP contribution in [0.4, 0.5) is 10.1 Å². The van der Waals surface area contributed by atoms with Gasteiger partial charge in [0.15, 0.2) is 0 Å². The fourth-order valence-electron chi connectivity index (χ4n) is 2.23. The van der Waals surface area contributed by atoms with E-state index in [1.54, 1.807) is 17.0 Å². The van der Waals surface area contributed by atoms with Crippen LogP contribution in [0.25, 0.3) is 0 Å². The van der Waals surface area contributed by atoms with Crippen molar-refractivity contribution in [2.75, 3.05) is 18.6 Å². The van der Waals surface area contributed by atoms with E-state index in [0.29, 0.717) is 18.0 Å². The molecule has 0 aliphatic rings. The standard InChI is InChI=1S/C18H19FN2O3/c1-3-21(18(22)12-20-23-2)17-10-5-4-7-14(17)13-24-16-9-6-8-15(19)11-16/h4-12H,3,13H2,1-2H3. The fraction of sp³-hybridized carbons (Fsp3) is 0.222. The number of rotatable bonds is 7. The molecular formula is C18H19FN2O3. The van der Waals surface area contributed by atoms with Crippen LogP contribution in [0.2, 0.25) is 0 Å². The number of anilines is 1. The number of oxime groups is 1. The van der Waals surface area contributed by atoms with Crippen LogP contribution < -0.4 is 9.64 Å². The van der Waals surface area contributed by atoms with Gasteiger partial charge >= 0.3 is 0 Å². The highest BCUT2D eigenvalue weighted by Crippen LogP contribution is 2.23. The normalized spacial score (nSPS) is 10.6. The van der Waals surface area contributed by atoms with Gasteiger partial charge in [-0.2, -0.15) is 0 Å². The first-order chi connectivity index (χ1) is 11.7. The maximum atomic E-state index is 13.2. The third kappa shape index (κ3) is 4.55. The predicted molar refractivity (Wildman–Crippen MR) is 90.7 cm³/mol. The van der Waals surface area contributed by atoms with Gasteiger partial charge in [-0.15, -0.1) is 0 Å². The summed E-state index contributed by atoms with van der Waals surface area (Å²) in [6, 6.07) is 13.3. The van der Waals surface area contributed by atoms with Gasteiger partial charge < -0.3 is 14.5 Å². The number of ether oxygens (including phenoxy) is 1. The van der Waals surface area contributed by atoms with Gasteiger partial charge in [-0.25, -0.2) is 4.39 Å². The Labute approximate surface area is 140 Å². The average molecular weight is 330 g/mol. The quantitative estimate of drug-likeness (QED) is 0.577. The molecule has 0 saturated heterocycles. The lowest BCUT2D eigenvalue weighted by Gasteiger charge is -2.22. The fourth-order valence-corrected chi connectivity index (χ4v) is 2.23. The van der Waals surface area contributed by atoms with Crippen LogP contribution in [-0.2, 0) is 16.2 Å². The minimum Gasteiger partial charge on any atom is -0.489 e. The molecule has 0 aromatic heterocycles. The summed E-state index contributed by atoms with van der Waals surface area (Å²) < 4.78 is 18.9. The van der Waals surface area contributed by atoms with Gasteiger partial charge in [0.2, 0.25) is 0 Å². The molecular weight excluding hydrogens is 311 g/mol. The third-order valence-corrected chi connectivity index (χ3v) is 3.32. The molecule has 2 aromatic rings. The number of carbonyl (C=O) groups is 1. The lowest BCUT2D eigenvalue weighted by Crippen LogP contribution is -2.32. The van der Waals surface area contributed by atoms with Gasteiger partial charge in [-0.05, 0) is 25.1 Å². The molecule has 0 saturated carbocycles. The smallest absolute Gasteiger partial charge is 0.272 e. The van der Waals surface area contributed by atoms with Crippen LogP contribution >= 0.6 is 0 Å². The van der Waals surface area contributed by atoms with Crippen molar-refractivity contribution in [2.45, 2.75) is 13.5 Å². The molecule has 24 heavy (non-hydrogen) atoms. The van der Waals surface area contributed by atoms with Crippen molar-refractivity contribution >= 4 is 17.8 Å². The zero-order chi connectivity index (χ0) is 17.4. The molecule has 2 aromatic carbocycles. The third-order valence-electron chi connectivity index (χ3n) is 3.32. The first-order valence-electron chi connectivity index (χ1n) is 7.50. The number of carbonyl (C=O) groups excluding carboxylic acids is 1. The van der Waals surface area contributed by atoms with Crippen LogP contribution in [-0.4, -0.2) is 25.8 Å². The van der Waals surface area contributed by atoms with Gasteiger partial charge in [-0.1, -0.05) is 29.4 Å². The zero-order valence-corrected chi connectivity index (χ0v) is 13.6. The minimum atomic E-state index is -0.359. The lowest BCUT2D eigenvalue weighted by atomic mass is 10.1. The van der Waals surface area contributed by atoms with Crippen LogP contribution in [0.15, 0.2) is 53.7 Å². The molecule has 1 amide bonds. The van der Waals surface area contributed by atoms with Crippen molar-refractivity contribution in [3.05, 3.63) is 59.9 Å². The Morgan fingerprint density at radius 3 is 2.75 bits per heavy atom. The monoisotopic (exact) mass is 330 g/mol. The first kappa shape index (κ1) is 17.5. The van der Waals surface area contributed by atoms with Crippen LogP contribution in [0, 0.1) is 5.82 Å². The second kappa shape index (κ2) is 8.67. The second-order valence-corrected chi connectivity index (χ2v) is 4.87. The number of nitrogens with zero attached hydrogens (tertiary/aromatic N) is 2. The van der Waals surface area contributed by atoms with Gasteiger partial charge in [0.05, 0.1) is 5.69 Å². The molecule has 0 bridgehead atoms. The number of amides is 1. The van der Waals surface area contributed by atoms with Crippen LogP contribution in [0.5, 0.6) is 5.75 Å². The first-order valence-corrected chi connectivity index (χ1v) is 7.50. The SMILES string of the molecule is CCN(C(=O)C=NOC)c1ccccc1COc1cccc(F)c1. The Bertz CT molecular complexity index is 719. The summed E-state index contributed by atoms with van der Waals surface area (Å²) in [6.07, 6.45) is 1.12. The molecule has 2 rings (SSSR count). The largest absolute Gasteiger partial charge is 0.489 e. The molecule has 0 N–H and O–H groups in total. The molecule has 0 aliphatic carbocycles. The van der Waals surface area contributed by atoms with Crippen molar-refractivity contribution < 1.29 is 18.8 Å². The van der Waals surface area contributed by atoms with E-state index in [-0.39, 0.29) is 18.3 Å². The van der Waals surface area contributed by atoms with E-state index in [1.807, 2.05) is 31.2 Å². The van der Waals surface area contributed by atoms with Gasteiger partial charge in [0.1, 0.15) is 31.5 Å². The van der Waals surface area contributed by atoms with Crippen molar-refractivity contribution in [3.8, 4) is 5.75 Å². The Balaban J connectivity index is 2.19. The minimum absolute atomic E-state index is 0.213. The van der Waals surface area contributed by atoms with E-state index >= 15 is 0 Å². The van der Waals surface area contributed by atoms with Crippen molar-refractivity contribution in [1.29, 1.82) is 0 Å². The summed E-state index contributed by atoms with van der Waals surface area (Å²) in [4.78, 5) is 18.3. The number of hydrogen-bond acceptors (Lipinski definition) is 4.